The molecule has 1 atom stereocenters. The van der Waals surface area contributed by atoms with Crippen molar-refractivity contribution in [2.45, 2.75) is 19.4 Å². The maximum atomic E-state index is 11.2. The molecule has 0 aliphatic heterocycles. The SMILES string of the molecule is CCC(C(=O)Cl)n1cnc2ccccc21. The Hall–Kier alpha value is -1.35. The summed E-state index contributed by atoms with van der Waals surface area (Å²) in [5.74, 6) is 0. The first-order valence-corrected chi connectivity index (χ1v) is 5.22. The summed E-state index contributed by atoms with van der Waals surface area (Å²) < 4.78 is 1.82. The fourth-order valence-corrected chi connectivity index (χ4v) is 1.95. The van der Waals surface area contributed by atoms with Gasteiger partial charge in [-0.1, -0.05) is 19.1 Å². The number of imidazole rings is 1. The Morgan fingerprint density at radius 1 is 1.53 bits per heavy atom. The van der Waals surface area contributed by atoms with Crippen molar-refractivity contribution in [2.75, 3.05) is 0 Å². The van der Waals surface area contributed by atoms with Gasteiger partial charge in [0.05, 0.1) is 17.4 Å². The van der Waals surface area contributed by atoms with Gasteiger partial charge in [-0.15, -0.1) is 0 Å². The number of carbonyl (C=O) groups is 1. The molecule has 0 radical (unpaired) electrons. The van der Waals surface area contributed by atoms with Gasteiger partial charge < -0.3 is 4.57 Å². The molecule has 0 amide bonds. The van der Waals surface area contributed by atoms with E-state index in [2.05, 4.69) is 4.98 Å². The molecule has 0 N–H and O–H groups in total. The lowest BCUT2D eigenvalue weighted by Crippen LogP contribution is -2.13. The van der Waals surface area contributed by atoms with Crippen LogP contribution in [-0.4, -0.2) is 14.8 Å². The topological polar surface area (TPSA) is 34.9 Å². The average Bonchev–Trinajstić information content (AvgIpc) is 2.63. The zero-order valence-corrected chi connectivity index (χ0v) is 9.11. The Morgan fingerprint density at radius 2 is 2.27 bits per heavy atom. The molecule has 78 valence electrons. The van der Waals surface area contributed by atoms with Crippen LogP contribution in [0.25, 0.3) is 11.0 Å². The van der Waals surface area contributed by atoms with E-state index in [0.29, 0.717) is 6.42 Å². The van der Waals surface area contributed by atoms with Gasteiger partial charge in [0.1, 0.15) is 6.04 Å². The summed E-state index contributed by atoms with van der Waals surface area (Å²) in [7, 11) is 0. The number of carbonyl (C=O) groups excluding carboxylic acids is 1. The fourth-order valence-electron chi connectivity index (χ4n) is 1.69. The number of hydrogen-bond acceptors (Lipinski definition) is 2. The molecule has 1 aromatic carbocycles. The quantitative estimate of drug-likeness (QED) is 0.749. The second-order valence-electron chi connectivity index (χ2n) is 3.37. The van der Waals surface area contributed by atoms with Crippen molar-refractivity contribution >= 4 is 27.9 Å². The molecular formula is C11H11ClN2O. The van der Waals surface area contributed by atoms with E-state index in [4.69, 9.17) is 11.6 Å². The van der Waals surface area contributed by atoms with Crippen molar-refractivity contribution in [3.63, 3.8) is 0 Å². The molecule has 15 heavy (non-hydrogen) atoms. The zero-order valence-electron chi connectivity index (χ0n) is 8.35. The molecule has 0 aliphatic rings. The van der Waals surface area contributed by atoms with Crippen LogP contribution in [0.4, 0.5) is 0 Å². The van der Waals surface area contributed by atoms with Crippen molar-refractivity contribution in [2.24, 2.45) is 0 Å². The first kappa shape index (κ1) is 10.2. The van der Waals surface area contributed by atoms with E-state index < -0.39 is 0 Å². The summed E-state index contributed by atoms with van der Waals surface area (Å²) in [6, 6.07) is 7.37. The van der Waals surface area contributed by atoms with Crippen LogP contribution >= 0.6 is 11.6 Å². The summed E-state index contributed by atoms with van der Waals surface area (Å²) in [5.41, 5.74) is 1.83. The van der Waals surface area contributed by atoms with Crippen molar-refractivity contribution < 1.29 is 4.79 Å². The minimum absolute atomic E-state index is 0.320. The Morgan fingerprint density at radius 3 is 2.93 bits per heavy atom. The first-order valence-electron chi connectivity index (χ1n) is 4.85. The standard InChI is InChI=1S/C11H11ClN2O/c1-2-9(11(12)15)14-7-13-8-5-3-4-6-10(8)14/h3-7,9H,2H2,1H3. The monoisotopic (exact) mass is 222 g/mol. The summed E-state index contributed by atoms with van der Waals surface area (Å²) in [6.07, 6.45) is 2.34. The predicted molar refractivity (Wildman–Crippen MR) is 59.9 cm³/mol. The predicted octanol–water partition coefficient (Wildman–Crippen LogP) is 2.75. The largest absolute Gasteiger partial charge is 0.319 e. The average molecular weight is 223 g/mol. The second-order valence-corrected chi connectivity index (χ2v) is 3.74. The highest BCUT2D eigenvalue weighted by Gasteiger charge is 2.17. The number of hydrogen-bond donors (Lipinski definition) is 0. The van der Waals surface area contributed by atoms with Gasteiger partial charge in [0.25, 0.3) is 0 Å². The molecule has 0 aliphatic carbocycles. The molecule has 0 spiro atoms. The lowest BCUT2D eigenvalue weighted by Gasteiger charge is -2.12. The molecule has 2 aromatic rings. The van der Waals surface area contributed by atoms with Crippen LogP contribution in [-0.2, 0) is 4.79 Å². The van der Waals surface area contributed by atoms with Crippen LogP contribution in [0.2, 0.25) is 0 Å². The van der Waals surface area contributed by atoms with Crippen LogP contribution < -0.4 is 0 Å². The summed E-state index contributed by atoms with van der Waals surface area (Å²) in [4.78, 5) is 15.5. The summed E-state index contributed by atoms with van der Waals surface area (Å²) in [6.45, 7) is 1.93. The van der Waals surface area contributed by atoms with E-state index >= 15 is 0 Å². The second kappa shape index (κ2) is 4.03. The van der Waals surface area contributed by atoms with Gasteiger partial charge in [-0.3, -0.25) is 4.79 Å². The van der Waals surface area contributed by atoms with Gasteiger partial charge in [0, 0.05) is 0 Å². The fraction of sp³-hybridized carbons (Fsp3) is 0.273. The number of benzene rings is 1. The molecule has 1 unspecified atom stereocenters. The van der Waals surface area contributed by atoms with Gasteiger partial charge in [-0.05, 0) is 30.2 Å². The summed E-state index contributed by atoms with van der Waals surface area (Å²) >= 11 is 5.55. The van der Waals surface area contributed by atoms with E-state index in [9.17, 15) is 4.79 Å². The van der Waals surface area contributed by atoms with Crippen LogP contribution in [0.1, 0.15) is 19.4 Å². The maximum absolute atomic E-state index is 11.2. The highest BCUT2D eigenvalue weighted by molar-refractivity contribution is 6.64. The number of para-hydroxylation sites is 2. The molecule has 0 fully saturated rings. The normalized spacial score (nSPS) is 12.9. The Kier molecular flexibility index (Phi) is 2.73. The number of nitrogens with zero attached hydrogens (tertiary/aromatic N) is 2. The molecule has 2 rings (SSSR count). The molecule has 4 heteroatoms. The molecule has 3 nitrogen and oxygen atoms in total. The Bertz CT molecular complexity index is 492. The van der Waals surface area contributed by atoms with E-state index in [1.54, 1.807) is 6.33 Å². The molecule has 0 saturated carbocycles. The number of rotatable bonds is 3. The van der Waals surface area contributed by atoms with E-state index in [-0.39, 0.29) is 11.3 Å². The van der Waals surface area contributed by atoms with E-state index in [1.807, 2.05) is 35.8 Å². The van der Waals surface area contributed by atoms with Gasteiger partial charge in [0.2, 0.25) is 5.24 Å². The zero-order chi connectivity index (χ0) is 10.8. The maximum Gasteiger partial charge on any atom is 0.244 e. The minimum Gasteiger partial charge on any atom is -0.319 e. The Balaban J connectivity index is 2.55. The van der Waals surface area contributed by atoms with Crippen molar-refractivity contribution in [1.29, 1.82) is 0 Å². The highest BCUT2D eigenvalue weighted by Crippen LogP contribution is 2.21. The third kappa shape index (κ3) is 1.75. The van der Waals surface area contributed by atoms with Crippen molar-refractivity contribution in [3.8, 4) is 0 Å². The molecule has 1 heterocycles. The number of fused-ring (bicyclic) bond motifs is 1. The van der Waals surface area contributed by atoms with Crippen LogP contribution in [0.3, 0.4) is 0 Å². The number of halogens is 1. The molecule has 0 saturated heterocycles. The van der Waals surface area contributed by atoms with Gasteiger partial charge in [-0.2, -0.15) is 0 Å². The minimum atomic E-state index is -0.347. The lowest BCUT2D eigenvalue weighted by atomic mass is 10.2. The Labute approximate surface area is 92.7 Å². The van der Waals surface area contributed by atoms with Crippen LogP contribution in [0.15, 0.2) is 30.6 Å². The van der Waals surface area contributed by atoms with E-state index in [1.165, 1.54) is 0 Å². The van der Waals surface area contributed by atoms with Gasteiger partial charge >= 0.3 is 0 Å². The smallest absolute Gasteiger partial charge is 0.244 e. The first-order chi connectivity index (χ1) is 7.24. The molecule has 1 aromatic heterocycles. The van der Waals surface area contributed by atoms with Crippen LogP contribution in [0, 0.1) is 0 Å². The molecule has 0 bridgehead atoms. The van der Waals surface area contributed by atoms with Crippen molar-refractivity contribution in [3.05, 3.63) is 30.6 Å². The third-order valence-electron chi connectivity index (χ3n) is 2.47. The summed E-state index contributed by atoms with van der Waals surface area (Å²) in [5, 5.41) is -0.347. The highest BCUT2D eigenvalue weighted by atomic mass is 35.5. The van der Waals surface area contributed by atoms with Crippen molar-refractivity contribution in [1.82, 2.24) is 9.55 Å². The van der Waals surface area contributed by atoms with E-state index in [0.717, 1.165) is 11.0 Å². The number of aromatic nitrogens is 2. The lowest BCUT2D eigenvalue weighted by molar-refractivity contribution is -0.114. The van der Waals surface area contributed by atoms with Crippen LogP contribution in [0.5, 0.6) is 0 Å². The third-order valence-corrected chi connectivity index (χ3v) is 2.72. The van der Waals surface area contributed by atoms with Gasteiger partial charge in [0.15, 0.2) is 0 Å². The van der Waals surface area contributed by atoms with Gasteiger partial charge in [-0.25, -0.2) is 4.98 Å². The molecular weight excluding hydrogens is 212 g/mol.